The molecule has 0 saturated heterocycles. The van der Waals surface area contributed by atoms with Crippen LogP contribution in [-0.4, -0.2) is 17.7 Å². The number of hydrogen-bond acceptors (Lipinski definition) is 2. The van der Waals surface area contributed by atoms with Gasteiger partial charge in [0.1, 0.15) is 0 Å². The Balaban J connectivity index is 1.44. The maximum atomic E-state index is 12.1. The van der Waals surface area contributed by atoms with Crippen molar-refractivity contribution in [2.24, 2.45) is 17.8 Å². The Bertz CT molecular complexity index is 504. The molecule has 1 aromatic carbocycles. The molecule has 0 radical (unpaired) electrons. The van der Waals surface area contributed by atoms with E-state index in [1.165, 1.54) is 25.7 Å². The summed E-state index contributed by atoms with van der Waals surface area (Å²) in [5.41, 5.74) is 0. The molecule has 1 aromatic rings. The normalized spacial score (nSPS) is 28.6. The summed E-state index contributed by atoms with van der Waals surface area (Å²) in [6, 6.07) is 8.44. The smallest absolute Gasteiger partial charge is 0.230 e. The molecule has 0 unspecified atom stereocenters. The SMILES string of the molecule is C[C@H](NC(=O)CSc1ccc(Br)cc1)[C@H]1C[C@H]2CC[C@H]1C2. The zero-order valence-corrected chi connectivity index (χ0v) is 14.8. The first-order valence-corrected chi connectivity index (χ1v) is 9.57. The molecular formula is C17H22BrNOS. The van der Waals surface area contributed by atoms with Crippen molar-refractivity contribution in [1.82, 2.24) is 5.32 Å². The van der Waals surface area contributed by atoms with Crippen LogP contribution in [0.15, 0.2) is 33.6 Å². The van der Waals surface area contributed by atoms with Gasteiger partial charge in [-0.05, 0) is 68.2 Å². The summed E-state index contributed by atoms with van der Waals surface area (Å²) in [5, 5.41) is 3.22. The summed E-state index contributed by atoms with van der Waals surface area (Å²) in [4.78, 5) is 13.3. The fraction of sp³-hybridized carbons (Fsp3) is 0.588. The molecule has 114 valence electrons. The van der Waals surface area contributed by atoms with E-state index in [0.717, 1.165) is 21.2 Å². The summed E-state index contributed by atoms with van der Waals surface area (Å²) in [6.45, 7) is 2.19. The van der Waals surface area contributed by atoms with Gasteiger partial charge in [-0.1, -0.05) is 22.4 Å². The van der Waals surface area contributed by atoms with Gasteiger partial charge in [-0.25, -0.2) is 0 Å². The highest BCUT2D eigenvalue weighted by Gasteiger charge is 2.42. The second-order valence-electron chi connectivity index (χ2n) is 6.44. The minimum Gasteiger partial charge on any atom is -0.353 e. The minimum absolute atomic E-state index is 0.165. The first-order valence-electron chi connectivity index (χ1n) is 7.79. The van der Waals surface area contributed by atoms with Crippen LogP contribution in [0.3, 0.4) is 0 Å². The van der Waals surface area contributed by atoms with Crippen LogP contribution in [0.4, 0.5) is 0 Å². The van der Waals surface area contributed by atoms with Gasteiger partial charge in [-0.3, -0.25) is 4.79 Å². The van der Waals surface area contributed by atoms with Gasteiger partial charge < -0.3 is 5.32 Å². The molecule has 2 saturated carbocycles. The highest BCUT2D eigenvalue weighted by molar-refractivity contribution is 9.10. The lowest BCUT2D eigenvalue weighted by molar-refractivity contribution is -0.119. The van der Waals surface area contributed by atoms with Crippen molar-refractivity contribution < 1.29 is 4.79 Å². The van der Waals surface area contributed by atoms with Crippen molar-refractivity contribution in [2.75, 3.05) is 5.75 Å². The summed E-state index contributed by atoms with van der Waals surface area (Å²) in [7, 11) is 0. The van der Waals surface area contributed by atoms with Gasteiger partial charge in [0.25, 0.3) is 0 Å². The van der Waals surface area contributed by atoms with Crippen LogP contribution in [0.5, 0.6) is 0 Å². The Hall–Kier alpha value is -0.480. The van der Waals surface area contributed by atoms with Gasteiger partial charge in [0, 0.05) is 15.4 Å². The summed E-state index contributed by atoms with van der Waals surface area (Å²) < 4.78 is 1.07. The Kier molecular flexibility index (Phi) is 4.95. The number of thioether (sulfide) groups is 1. The maximum Gasteiger partial charge on any atom is 0.230 e. The fourth-order valence-electron chi connectivity index (χ4n) is 3.99. The Morgan fingerprint density at radius 3 is 2.71 bits per heavy atom. The topological polar surface area (TPSA) is 29.1 Å². The van der Waals surface area contributed by atoms with Crippen LogP contribution >= 0.6 is 27.7 Å². The van der Waals surface area contributed by atoms with Gasteiger partial charge in [-0.15, -0.1) is 11.8 Å². The van der Waals surface area contributed by atoms with E-state index in [0.29, 0.717) is 17.7 Å². The molecule has 21 heavy (non-hydrogen) atoms. The van der Waals surface area contributed by atoms with Gasteiger partial charge in [-0.2, -0.15) is 0 Å². The quantitative estimate of drug-likeness (QED) is 0.777. The van der Waals surface area contributed by atoms with E-state index in [1.807, 2.05) is 24.3 Å². The molecule has 2 fully saturated rings. The van der Waals surface area contributed by atoms with Crippen LogP contribution < -0.4 is 5.32 Å². The number of halogens is 1. The first kappa shape index (κ1) is 15.4. The van der Waals surface area contributed by atoms with Crippen LogP contribution in [0.1, 0.15) is 32.6 Å². The van der Waals surface area contributed by atoms with Crippen molar-refractivity contribution in [3.05, 3.63) is 28.7 Å². The van der Waals surface area contributed by atoms with E-state index in [-0.39, 0.29) is 5.91 Å². The number of carbonyl (C=O) groups is 1. The largest absolute Gasteiger partial charge is 0.353 e. The standard InChI is InChI=1S/C17H22BrNOS/c1-11(16-9-12-2-3-13(16)8-12)19-17(20)10-21-15-6-4-14(18)5-7-15/h4-7,11-13,16H,2-3,8-10H2,1H3,(H,19,20)/t11-,12-,13-,16+/m0/s1. The third-order valence-electron chi connectivity index (χ3n) is 5.01. The maximum absolute atomic E-state index is 12.1. The van der Waals surface area contributed by atoms with Crippen molar-refractivity contribution in [1.29, 1.82) is 0 Å². The van der Waals surface area contributed by atoms with E-state index < -0.39 is 0 Å². The van der Waals surface area contributed by atoms with Gasteiger partial charge in [0.05, 0.1) is 5.75 Å². The van der Waals surface area contributed by atoms with E-state index in [4.69, 9.17) is 0 Å². The monoisotopic (exact) mass is 367 g/mol. The number of hydrogen-bond donors (Lipinski definition) is 1. The molecule has 2 bridgehead atoms. The third kappa shape index (κ3) is 3.84. The molecule has 2 nitrogen and oxygen atoms in total. The number of amides is 1. The molecule has 0 spiro atoms. The molecule has 0 aliphatic heterocycles. The molecular weight excluding hydrogens is 346 g/mol. The number of carbonyl (C=O) groups excluding carboxylic acids is 1. The van der Waals surface area contributed by atoms with Crippen molar-refractivity contribution >= 4 is 33.6 Å². The first-order chi connectivity index (χ1) is 10.1. The Morgan fingerprint density at radius 1 is 1.33 bits per heavy atom. The summed E-state index contributed by atoms with van der Waals surface area (Å²) >= 11 is 5.03. The average Bonchev–Trinajstić information content (AvgIpc) is 3.09. The number of rotatable bonds is 5. The van der Waals surface area contributed by atoms with Crippen molar-refractivity contribution in [3.63, 3.8) is 0 Å². The predicted octanol–water partition coefficient (Wildman–Crippen LogP) is 4.48. The number of nitrogens with one attached hydrogen (secondary N) is 1. The minimum atomic E-state index is 0.165. The zero-order chi connectivity index (χ0) is 14.8. The molecule has 4 atom stereocenters. The molecule has 4 heteroatoms. The fourth-order valence-corrected chi connectivity index (χ4v) is 4.96. The Labute approximate surface area is 139 Å². The summed E-state index contributed by atoms with van der Waals surface area (Å²) in [6.07, 6.45) is 5.52. The highest BCUT2D eigenvalue weighted by atomic mass is 79.9. The lowest BCUT2D eigenvalue weighted by Crippen LogP contribution is -2.40. The lowest BCUT2D eigenvalue weighted by atomic mass is 9.84. The lowest BCUT2D eigenvalue weighted by Gasteiger charge is -2.28. The zero-order valence-electron chi connectivity index (χ0n) is 12.3. The second kappa shape index (κ2) is 6.74. The molecule has 2 aliphatic rings. The molecule has 2 aliphatic carbocycles. The third-order valence-corrected chi connectivity index (χ3v) is 6.55. The van der Waals surface area contributed by atoms with E-state index in [1.54, 1.807) is 11.8 Å². The molecule has 3 rings (SSSR count). The van der Waals surface area contributed by atoms with E-state index >= 15 is 0 Å². The number of benzene rings is 1. The van der Waals surface area contributed by atoms with Crippen molar-refractivity contribution in [3.8, 4) is 0 Å². The van der Waals surface area contributed by atoms with Gasteiger partial charge in [0.2, 0.25) is 5.91 Å². The molecule has 0 aromatic heterocycles. The second-order valence-corrected chi connectivity index (χ2v) is 8.40. The summed E-state index contributed by atoms with van der Waals surface area (Å²) in [5.74, 6) is 3.19. The van der Waals surface area contributed by atoms with Crippen molar-refractivity contribution in [2.45, 2.75) is 43.5 Å². The molecule has 1 amide bonds. The molecule has 0 heterocycles. The Morgan fingerprint density at radius 2 is 2.10 bits per heavy atom. The highest BCUT2D eigenvalue weighted by Crippen LogP contribution is 2.49. The average molecular weight is 368 g/mol. The van der Waals surface area contributed by atoms with Crippen LogP contribution in [0, 0.1) is 17.8 Å². The predicted molar refractivity (Wildman–Crippen MR) is 91.4 cm³/mol. The van der Waals surface area contributed by atoms with Gasteiger partial charge >= 0.3 is 0 Å². The van der Waals surface area contributed by atoms with Crippen LogP contribution in [-0.2, 0) is 4.79 Å². The van der Waals surface area contributed by atoms with E-state index in [9.17, 15) is 4.79 Å². The van der Waals surface area contributed by atoms with Gasteiger partial charge in [0.15, 0.2) is 0 Å². The van der Waals surface area contributed by atoms with Crippen LogP contribution in [0.25, 0.3) is 0 Å². The van der Waals surface area contributed by atoms with Crippen LogP contribution in [0.2, 0.25) is 0 Å². The molecule has 1 N–H and O–H groups in total. The number of fused-ring (bicyclic) bond motifs is 2. The van der Waals surface area contributed by atoms with E-state index in [2.05, 4.69) is 28.2 Å².